The Morgan fingerprint density at radius 3 is 2.08 bits per heavy atom. The predicted molar refractivity (Wildman–Crippen MR) is 145 cm³/mol. The van der Waals surface area contributed by atoms with Crippen molar-refractivity contribution in [3.8, 4) is 5.75 Å². The number of carbonyl (C=O) groups excluding carboxylic acids is 1. The molecule has 3 aromatic rings. The third kappa shape index (κ3) is 6.42. The highest BCUT2D eigenvalue weighted by atomic mass is 32.2. The van der Waals surface area contributed by atoms with Crippen LogP contribution in [0.25, 0.3) is 0 Å². The lowest BCUT2D eigenvalue weighted by Gasteiger charge is -2.38. The van der Waals surface area contributed by atoms with Gasteiger partial charge in [-0.25, -0.2) is 17.5 Å². The first kappa shape index (κ1) is 26.4. The number of sulfonamides is 1. The normalized spacial score (nSPS) is 16.9. The quantitative estimate of drug-likeness (QED) is 0.403. The first-order chi connectivity index (χ1) is 18.3. The Bertz CT molecular complexity index is 1330. The standard InChI is InChI=1S/C30H33FN2O4S/c1-38(35,36)32-30(34)26-18-25(22-12-13-22)28(19-27(26)31)37-20-21-14-16-33(17-15-21)29(23-8-4-2-5-9-23)24-10-6-3-7-11-24/h2-11,18-19,21-22,29H,12-17,20H2,1H3,(H,32,34). The van der Waals surface area contributed by atoms with Gasteiger partial charge in [-0.15, -0.1) is 0 Å². The van der Waals surface area contributed by atoms with Gasteiger partial charge >= 0.3 is 0 Å². The molecule has 0 spiro atoms. The molecule has 200 valence electrons. The van der Waals surface area contributed by atoms with E-state index in [1.165, 1.54) is 23.3 Å². The molecule has 1 aliphatic carbocycles. The first-order valence-electron chi connectivity index (χ1n) is 13.1. The maximum atomic E-state index is 14.8. The van der Waals surface area contributed by atoms with Crippen LogP contribution < -0.4 is 9.46 Å². The molecule has 2 fully saturated rings. The van der Waals surface area contributed by atoms with E-state index < -0.39 is 21.7 Å². The van der Waals surface area contributed by atoms with Crippen LogP contribution in [-0.2, 0) is 10.0 Å². The SMILES string of the molecule is CS(=O)(=O)NC(=O)c1cc(C2CC2)c(OCC2CCN(C(c3ccccc3)c3ccccc3)CC2)cc1F. The number of carbonyl (C=O) groups is 1. The highest BCUT2D eigenvalue weighted by Gasteiger charge is 2.31. The molecule has 1 heterocycles. The van der Waals surface area contributed by atoms with Gasteiger partial charge in [0.05, 0.1) is 24.5 Å². The van der Waals surface area contributed by atoms with Gasteiger partial charge in [0.15, 0.2) is 0 Å². The first-order valence-corrected chi connectivity index (χ1v) is 15.0. The number of halogens is 1. The van der Waals surface area contributed by atoms with Gasteiger partial charge < -0.3 is 4.74 Å². The van der Waals surface area contributed by atoms with Gasteiger partial charge in [-0.1, -0.05) is 60.7 Å². The molecule has 1 N–H and O–H groups in total. The molecule has 38 heavy (non-hydrogen) atoms. The van der Waals surface area contributed by atoms with Crippen LogP contribution in [0.3, 0.4) is 0 Å². The molecule has 1 saturated heterocycles. The lowest BCUT2D eigenvalue weighted by atomic mass is 9.91. The molecule has 0 bridgehead atoms. The van der Waals surface area contributed by atoms with E-state index in [0.29, 0.717) is 18.3 Å². The molecule has 0 aromatic heterocycles. The van der Waals surface area contributed by atoms with Gasteiger partial charge in [0.2, 0.25) is 10.0 Å². The number of rotatable bonds is 9. The largest absolute Gasteiger partial charge is 0.493 e. The van der Waals surface area contributed by atoms with E-state index in [1.54, 1.807) is 0 Å². The van der Waals surface area contributed by atoms with Crippen LogP contribution in [0.1, 0.15) is 64.7 Å². The molecule has 8 heteroatoms. The summed E-state index contributed by atoms with van der Waals surface area (Å²) in [4.78, 5) is 14.8. The van der Waals surface area contributed by atoms with Crippen molar-refractivity contribution in [1.82, 2.24) is 9.62 Å². The van der Waals surface area contributed by atoms with Crippen molar-refractivity contribution in [2.45, 2.75) is 37.6 Å². The van der Waals surface area contributed by atoms with E-state index in [0.717, 1.165) is 50.6 Å². The molecular weight excluding hydrogens is 503 g/mol. The van der Waals surface area contributed by atoms with E-state index in [1.807, 2.05) is 16.9 Å². The summed E-state index contributed by atoms with van der Waals surface area (Å²) in [6.07, 6.45) is 4.68. The Morgan fingerprint density at radius 2 is 1.55 bits per heavy atom. The Kier molecular flexibility index (Phi) is 7.81. The number of amides is 1. The maximum absolute atomic E-state index is 14.8. The fourth-order valence-corrected chi connectivity index (χ4v) is 5.72. The van der Waals surface area contributed by atoms with Gasteiger partial charge in [0.25, 0.3) is 5.91 Å². The molecule has 3 aromatic carbocycles. The van der Waals surface area contributed by atoms with Crippen LogP contribution in [0.15, 0.2) is 72.8 Å². The van der Waals surface area contributed by atoms with Crippen molar-refractivity contribution >= 4 is 15.9 Å². The van der Waals surface area contributed by atoms with E-state index in [4.69, 9.17) is 4.74 Å². The minimum atomic E-state index is -3.79. The van der Waals surface area contributed by atoms with Gasteiger partial charge in [-0.05, 0) is 73.4 Å². The fraction of sp³-hybridized carbons (Fsp3) is 0.367. The highest BCUT2D eigenvalue weighted by Crippen LogP contribution is 2.45. The Labute approximate surface area is 223 Å². The Balaban J connectivity index is 1.25. The van der Waals surface area contributed by atoms with Gasteiger partial charge in [-0.2, -0.15) is 0 Å². The molecule has 0 unspecified atom stereocenters. The molecule has 0 radical (unpaired) electrons. The van der Waals surface area contributed by atoms with Crippen LogP contribution in [0.5, 0.6) is 5.75 Å². The Morgan fingerprint density at radius 1 is 0.974 bits per heavy atom. The second-order valence-electron chi connectivity index (χ2n) is 10.4. The monoisotopic (exact) mass is 536 g/mol. The molecular formula is C30H33FN2O4S. The summed E-state index contributed by atoms with van der Waals surface area (Å²) in [6.45, 7) is 2.33. The van der Waals surface area contributed by atoms with Crippen LogP contribution in [-0.4, -0.2) is 45.2 Å². The molecule has 2 aliphatic rings. The number of hydrogen-bond acceptors (Lipinski definition) is 5. The van der Waals surface area contributed by atoms with Crippen molar-refractivity contribution in [2.75, 3.05) is 26.0 Å². The molecule has 6 nitrogen and oxygen atoms in total. The van der Waals surface area contributed by atoms with Crippen molar-refractivity contribution < 1.29 is 22.3 Å². The fourth-order valence-electron chi connectivity index (χ4n) is 5.28. The number of likely N-dealkylation sites (tertiary alicyclic amines) is 1. The topological polar surface area (TPSA) is 75.7 Å². The lowest BCUT2D eigenvalue weighted by molar-refractivity contribution is 0.0977. The minimum Gasteiger partial charge on any atom is -0.493 e. The minimum absolute atomic E-state index is 0.195. The van der Waals surface area contributed by atoms with Crippen LogP contribution >= 0.6 is 0 Å². The molecule has 1 amide bonds. The summed E-state index contributed by atoms with van der Waals surface area (Å²) in [6, 6.07) is 24.0. The number of benzene rings is 3. The number of nitrogens with zero attached hydrogens (tertiary/aromatic N) is 1. The van der Waals surface area contributed by atoms with Crippen molar-refractivity contribution in [2.24, 2.45) is 5.92 Å². The Hall–Kier alpha value is -3.23. The number of ether oxygens (including phenoxy) is 1. The van der Waals surface area contributed by atoms with Gasteiger partial charge in [-0.3, -0.25) is 9.69 Å². The molecule has 0 atom stereocenters. The van der Waals surface area contributed by atoms with Crippen molar-refractivity contribution in [1.29, 1.82) is 0 Å². The average Bonchev–Trinajstić information content (AvgIpc) is 3.74. The van der Waals surface area contributed by atoms with E-state index in [2.05, 4.69) is 53.4 Å². The third-order valence-corrected chi connectivity index (χ3v) is 7.91. The number of piperidine rings is 1. The summed E-state index contributed by atoms with van der Waals surface area (Å²) in [5.74, 6) is -0.752. The van der Waals surface area contributed by atoms with Crippen LogP contribution in [0.4, 0.5) is 4.39 Å². The lowest BCUT2D eigenvalue weighted by Crippen LogP contribution is -2.38. The van der Waals surface area contributed by atoms with Crippen molar-refractivity contribution in [3.05, 3.63) is 101 Å². The van der Waals surface area contributed by atoms with E-state index >= 15 is 0 Å². The second-order valence-corrected chi connectivity index (χ2v) is 12.1. The van der Waals surface area contributed by atoms with E-state index in [-0.39, 0.29) is 17.5 Å². The molecule has 1 saturated carbocycles. The third-order valence-electron chi connectivity index (χ3n) is 7.36. The maximum Gasteiger partial charge on any atom is 0.267 e. The van der Waals surface area contributed by atoms with Gasteiger partial charge in [0.1, 0.15) is 11.6 Å². The van der Waals surface area contributed by atoms with Crippen LogP contribution in [0.2, 0.25) is 0 Å². The average molecular weight is 537 g/mol. The molecule has 5 rings (SSSR count). The summed E-state index contributed by atoms with van der Waals surface area (Å²) in [7, 11) is -3.79. The van der Waals surface area contributed by atoms with Gasteiger partial charge in [0, 0.05) is 6.07 Å². The zero-order valence-corrected chi connectivity index (χ0v) is 22.3. The smallest absolute Gasteiger partial charge is 0.267 e. The summed E-state index contributed by atoms with van der Waals surface area (Å²) >= 11 is 0. The highest BCUT2D eigenvalue weighted by molar-refractivity contribution is 7.89. The summed E-state index contributed by atoms with van der Waals surface area (Å²) in [5.41, 5.74) is 3.05. The second kappa shape index (κ2) is 11.3. The summed E-state index contributed by atoms with van der Waals surface area (Å²) in [5, 5.41) is 0. The predicted octanol–water partition coefficient (Wildman–Crippen LogP) is 5.27. The number of nitrogens with one attached hydrogen (secondary N) is 1. The van der Waals surface area contributed by atoms with E-state index in [9.17, 15) is 17.6 Å². The molecule has 1 aliphatic heterocycles. The summed E-state index contributed by atoms with van der Waals surface area (Å²) < 4.78 is 45.7. The van der Waals surface area contributed by atoms with Crippen LogP contribution in [0, 0.1) is 11.7 Å². The van der Waals surface area contributed by atoms with Crippen molar-refractivity contribution in [3.63, 3.8) is 0 Å². The zero-order valence-electron chi connectivity index (χ0n) is 21.5. The number of hydrogen-bond donors (Lipinski definition) is 1. The zero-order chi connectivity index (χ0) is 26.7.